The molecule has 2 aromatic carbocycles. The molecular formula is C27H30F2N2O2. The number of hydrogen-bond acceptors (Lipinski definition) is 2. The molecule has 6 heteroatoms. The summed E-state index contributed by atoms with van der Waals surface area (Å²) in [4.78, 5) is 27.3. The highest BCUT2D eigenvalue weighted by Crippen LogP contribution is 2.60. The fraction of sp³-hybridized carbons (Fsp3) is 0.481. The maximum Gasteiger partial charge on any atom is 0.253 e. The molecule has 4 aliphatic carbocycles. The number of carbonyl (C=O) groups is 2. The van der Waals surface area contributed by atoms with Gasteiger partial charge in [-0.3, -0.25) is 9.59 Å². The SMILES string of the molecule is CN(Cc1ccc(F)c(F)c1)C(=O)c1ccc(CNC(=O)C23CC4CC(CC(C4)C2)C3)cc1. The van der Waals surface area contributed by atoms with Gasteiger partial charge in [0.1, 0.15) is 0 Å². The van der Waals surface area contributed by atoms with E-state index in [1.807, 2.05) is 12.1 Å². The Morgan fingerprint density at radius 3 is 2.06 bits per heavy atom. The highest BCUT2D eigenvalue weighted by molar-refractivity contribution is 5.94. The summed E-state index contributed by atoms with van der Waals surface area (Å²) in [6.07, 6.45) is 7.07. The van der Waals surface area contributed by atoms with Gasteiger partial charge in [0.05, 0.1) is 0 Å². The van der Waals surface area contributed by atoms with Crippen molar-refractivity contribution in [1.82, 2.24) is 10.2 Å². The van der Waals surface area contributed by atoms with Gasteiger partial charge in [-0.1, -0.05) is 18.2 Å². The van der Waals surface area contributed by atoms with Crippen molar-refractivity contribution in [2.75, 3.05) is 7.05 Å². The lowest BCUT2D eigenvalue weighted by Gasteiger charge is -2.55. The second kappa shape index (κ2) is 8.54. The summed E-state index contributed by atoms with van der Waals surface area (Å²) in [6, 6.07) is 10.9. The summed E-state index contributed by atoms with van der Waals surface area (Å²) < 4.78 is 26.5. The van der Waals surface area contributed by atoms with E-state index in [9.17, 15) is 18.4 Å². The molecule has 174 valence electrons. The quantitative estimate of drug-likeness (QED) is 0.665. The van der Waals surface area contributed by atoms with Gasteiger partial charge < -0.3 is 10.2 Å². The molecule has 0 radical (unpaired) electrons. The zero-order valence-electron chi connectivity index (χ0n) is 18.9. The van der Waals surface area contributed by atoms with E-state index in [0.29, 0.717) is 17.7 Å². The molecule has 0 atom stereocenters. The van der Waals surface area contributed by atoms with Gasteiger partial charge in [0, 0.05) is 31.1 Å². The summed E-state index contributed by atoms with van der Waals surface area (Å²) in [5, 5.41) is 3.17. The Labute approximate surface area is 193 Å². The van der Waals surface area contributed by atoms with Crippen molar-refractivity contribution < 1.29 is 18.4 Å². The van der Waals surface area contributed by atoms with E-state index in [1.165, 1.54) is 30.2 Å². The van der Waals surface area contributed by atoms with E-state index in [4.69, 9.17) is 0 Å². The molecule has 4 fully saturated rings. The zero-order chi connectivity index (χ0) is 23.2. The molecule has 0 aromatic heterocycles. The molecule has 0 unspecified atom stereocenters. The van der Waals surface area contributed by atoms with Gasteiger partial charge in [-0.05, 0) is 91.7 Å². The number of rotatable bonds is 6. The Morgan fingerprint density at radius 2 is 1.48 bits per heavy atom. The number of hydrogen-bond donors (Lipinski definition) is 1. The monoisotopic (exact) mass is 452 g/mol. The second-order valence-corrected chi connectivity index (χ2v) is 10.5. The third-order valence-corrected chi connectivity index (χ3v) is 7.92. The molecule has 4 saturated carbocycles. The van der Waals surface area contributed by atoms with Crippen molar-refractivity contribution >= 4 is 11.8 Å². The lowest BCUT2D eigenvalue weighted by atomic mass is 9.49. The normalized spacial score (nSPS) is 27.4. The molecule has 4 bridgehead atoms. The lowest BCUT2D eigenvalue weighted by Crippen LogP contribution is -2.53. The van der Waals surface area contributed by atoms with Gasteiger partial charge in [0.25, 0.3) is 5.91 Å². The first-order valence-corrected chi connectivity index (χ1v) is 11.9. The van der Waals surface area contributed by atoms with Gasteiger partial charge in [-0.25, -0.2) is 8.78 Å². The number of carbonyl (C=O) groups excluding carboxylic acids is 2. The van der Waals surface area contributed by atoms with Crippen LogP contribution in [0.4, 0.5) is 8.78 Å². The largest absolute Gasteiger partial charge is 0.352 e. The maximum atomic E-state index is 13.4. The van der Waals surface area contributed by atoms with Crippen LogP contribution in [0.5, 0.6) is 0 Å². The molecular weight excluding hydrogens is 422 g/mol. The van der Waals surface area contributed by atoms with Gasteiger partial charge in [0.2, 0.25) is 5.91 Å². The standard InChI is InChI=1S/C27H30F2N2O2/c1-31(16-18-4-7-23(28)24(29)11-18)25(32)22-5-2-17(3-6-22)15-30-26(33)27-12-19-8-20(13-27)10-21(9-19)14-27/h2-7,11,19-21H,8-10,12-16H2,1H3,(H,30,33). The van der Waals surface area contributed by atoms with E-state index < -0.39 is 11.6 Å². The first-order valence-electron chi connectivity index (χ1n) is 11.9. The van der Waals surface area contributed by atoms with Crippen molar-refractivity contribution in [2.24, 2.45) is 23.2 Å². The highest BCUT2D eigenvalue weighted by atomic mass is 19.2. The number of nitrogens with one attached hydrogen (secondary N) is 1. The predicted octanol–water partition coefficient (Wildman–Crippen LogP) is 5.07. The zero-order valence-corrected chi connectivity index (χ0v) is 18.9. The van der Waals surface area contributed by atoms with Crippen LogP contribution in [0.25, 0.3) is 0 Å². The summed E-state index contributed by atoms with van der Waals surface area (Å²) >= 11 is 0. The Bertz CT molecular complexity index is 1030. The Morgan fingerprint density at radius 1 is 0.909 bits per heavy atom. The van der Waals surface area contributed by atoms with Crippen LogP contribution in [0.1, 0.15) is 60.0 Å². The first-order chi connectivity index (χ1) is 15.8. The van der Waals surface area contributed by atoms with Crippen molar-refractivity contribution in [3.63, 3.8) is 0 Å². The summed E-state index contributed by atoms with van der Waals surface area (Å²) in [5.41, 5.74) is 1.82. The smallest absolute Gasteiger partial charge is 0.253 e. The molecule has 0 saturated heterocycles. The maximum absolute atomic E-state index is 13.4. The van der Waals surface area contributed by atoms with E-state index in [-0.39, 0.29) is 23.8 Å². The summed E-state index contributed by atoms with van der Waals surface area (Å²) in [7, 11) is 1.63. The number of halogens is 2. The van der Waals surface area contributed by atoms with Crippen LogP contribution in [0.15, 0.2) is 42.5 Å². The minimum absolute atomic E-state index is 0.160. The third kappa shape index (κ3) is 4.40. The molecule has 0 aliphatic heterocycles. The molecule has 4 nitrogen and oxygen atoms in total. The Hall–Kier alpha value is -2.76. The van der Waals surface area contributed by atoms with Crippen molar-refractivity contribution in [2.45, 2.75) is 51.6 Å². The lowest BCUT2D eigenvalue weighted by molar-refractivity contribution is -0.146. The van der Waals surface area contributed by atoms with E-state index in [1.54, 1.807) is 19.2 Å². The number of nitrogens with zero attached hydrogens (tertiary/aromatic N) is 1. The summed E-state index contributed by atoms with van der Waals surface area (Å²) in [6.45, 7) is 0.638. The fourth-order valence-corrected chi connectivity index (χ4v) is 6.73. The molecule has 33 heavy (non-hydrogen) atoms. The average Bonchev–Trinajstić information content (AvgIpc) is 2.79. The van der Waals surface area contributed by atoms with Gasteiger partial charge in [-0.15, -0.1) is 0 Å². The molecule has 6 rings (SSSR count). The second-order valence-electron chi connectivity index (χ2n) is 10.5. The Kier molecular flexibility index (Phi) is 5.71. The topological polar surface area (TPSA) is 49.4 Å². The molecule has 0 heterocycles. The minimum Gasteiger partial charge on any atom is -0.352 e. The van der Waals surface area contributed by atoms with E-state index in [2.05, 4.69) is 5.32 Å². The van der Waals surface area contributed by atoms with E-state index in [0.717, 1.165) is 54.7 Å². The molecule has 0 spiro atoms. The predicted molar refractivity (Wildman–Crippen MR) is 121 cm³/mol. The Balaban J connectivity index is 1.17. The van der Waals surface area contributed by atoms with Crippen LogP contribution in [0.3, 0.4) is 0 Å². The van der Waals surface area contributed by atoms with Crippen LogP contribution < -0.4 is 5.32 Å². The summed E-state index contributed by atoms with van der Waals surface area (Å²) in [5.74, 6) is 0.367. The van der Waals surface area contributed by atoms with Crippen LogP contribution in [0.2, 0.25) is 0 Å². The molecule has 2 aromatic rings. The van der Waals surface area contributed by atoms with Crippen molar-refractivity contribution in [3.05, 3.63) is 70.8 Å². The van der Waals surface area contributed by atoms with Gasteiger partial charge >= 0.3 is 0 Å². The van der Waals surface area contributed by atoms with Crippen LogP contribution in [0, 0.1) is 34.8 Å². The van der Waals surface area contributed by atoms with E-state index >= 15 is 0 Å². The third-order valence-electron chi connectivity index (χ3n) is 7.92. The van der Waals surface area contributed by atoms with Crippen LogP contribution >= 0.6 is 0 Å². The average molecular weight is 453 g/mol. The number of amides is 2. The van der Waals surface area contributed by atoms with Gasteiger partial charge in [0.15, 0.2) is 11.6 Å². The molecule has 4 aliphatic rings. The first kappa shape index (κ1) is 22.1. The number of benzene rings is 2. The van der Waals surface area contributed by atoms with Crippen molar-refractivity contribution in [1.29, 1.82) is 0 Å². The fourth-order valence-electron chi connectivity index (χ4n) is 6.73. The molecule has 2 amide bonds. The minimum atomic E-state index is -0.923. The van der Waals surface area contributed by atoms with Crippen LogP contribution in [-0.2, 0) is 17.9 Å². The van der Waals surface area contributed by atoms with Gasteiger partial charge in [-0.2, -0.15) is 0 Å². The molecule has 1 N–H and O–H groups in total. The highest BCUT2D eigenvalue weighted by Gasteiger charge is 2.54. The van der Waals surface area contributed by atoms with Crippen LogP contribution in [-0.4, -0.2) is 23.8 Å². The van der Waals surface area contributed by atoms with Crippen molar-refractivity contribution in [3.8, 4) is 0 Å².